The van der Waals surface area contributed by atoms with Crippen LogP contribution in [0.5, 0.6) is 0 Å². The van der Waals surface area contributed by atoms with Crippen molar-refractivity contribution in [2.45, 2.75) is 38.0 Å². The standard InChI is InChI=1S/C19H24N4O3/c24-19(16-3-1-2-9-20-16)23-10-6-14(13-23)4-5-17-21-18(26-22-17)15-7-11-25-12-8-15/h1-3,9,14-15H,4-8,10-13H2. The number of hydrogen-bond acceptors (Lipinski definition) is 6. The smallest absolute Gasteiger partial charge is 0.272 e. The van der Waals surface area contributed by atoms with E-state index in [1.54, 1.807) is 12.3 Å². The Morgan fingerprint density at radius 1 is 1.23 bits per heavy atom. The second-order valence-electron chi connectivity index (χ2n) is 7.10. The molecule has 1 atom stereocenters. The van der Waals surface area contributed by atoms with Crippen molar-refractivity contribution in [3.8, 4) is 0 Å². The zero-order valence-corrected chi connectivity index (χ0v) is 14.8. The minimum Gasteiger partial charge on any atom is -0.381 e. The van der Waals surface area contributed by atoms with E-state index < -0.39 is 0 Å². The van der Waals surface area contributed by atoms with Gasteiger partial charge in [-0.15, -0.1) is 0 Å². The summed E-state index contributed by atoms with van der Waals surface area (Å²) in [6.45, 7) is 3.11. The third-order valence-corrected chi connectivity index (χ3v) is 5.29. The Bertz CT molecular complexity index is 727. The van der Waals surface area contributed by atoms with Crippen molar-refractivity contribution in [1.82, 2.24) is 20.0 Å². The molecule has 1 amide bonds. The van der Waals surface area contributed by atoms with Crippen molar-refractivity contribution in [3.05, 3.63) is 41.8 Å². The van der Waals surface area contributed by atoms with E-state index in [0.717, 1.165) is 70.1 Å². The van der Waals surface area contributed by atoms with E-state index in [9.17, 15) is 4.79 Å². The third-order valence-electron chi connectivity index (χ3n) is 5.29. The van der Waals surface area contributed by atoms with Crippen molar-refractivity contribution in [2.24, 2.45) is 5.92 Å². The lowest BCUT2D eigenvalue weighted by molar-refractivity contribution is 0.0777. The molecular formula is C19H24N4O3. The van der Waals surface area contributed by atoms with Crippen LogP contribution in [0.2, 0.25) is 0 Å². The number of nitrogens with zero attached hydrogens (tertiary/aromatic N) is 4. The van der Waals surface area contributed by atoms with Gasteiger partial charge in [0.25, 0.3) is 5.91 Å². The van der Waals surface area contributed by atoms with Crippen LogP contribution in [0, 0.1) is 5.92 Å². The van der Waals surface area contributed by atoms with Gasteiger partial charge in [0.1, 0.15) is 5.69 Å². The number of likely N-dealkylation sites (tertiary alicyclic amines) is 1. The molecule has 0 aromatic carbocycles. The second kappa shape index (κ2) is 7.95. The van der Waals surface area contributed by atoms with E-state index >= 15 is 0 Å². The molecule has 0 bridgehead atoms. The molecule has 7 nitrogen and oxygen atoms in total. The zero-order chi connectivity index (χ0) is 17.8. The molecule has 2 aromatic rings. The summed E-state index contributed by atoms with van der Waals surface area (Å²) in [6.07, 6.45) is 6.35. The van der Waals surface area contributed by atoms with Crippen LogP contribution in [0.3, 0.4) is 0 Å². The number of ether oxygens (including phenoxy) is 1. The highest BCUT2D eigenvalue weighted by Gasteiger charge is 2.28. The highest BCUT2D eigenvalue weighted by atomic mass is 16.5. The Morgan fingerprint density at radius 3 is 2.92 bits per heavy atom. The van der Waals surface area contributed by atoms with Gasteiger partial charge in [0.15, 0.2) is 5.82 Å². The maximum atomic E-state index is 12.5. The van der Waals surface area contributed by atoms with E-state index in [-0.39, 0.29) is 5.91 Å². The quantitative estimate of drug-likeness (QED) is 0.818. The fraction of sp³-hybridized carbons (Fsp3) is 0.579. The van der Waals surface area contributed by atoms with Crippen LogP contribution in [-0.4, -0.2) is 52.2 Å². The number of carbonyl (C=O) groups excluding carboxylic acids is 1. The molecule has 0 N–H and O–H groups in total. The van der Waals surface area contributed by atoms with Crippen LogP contribution in [0.25, 0.3) is 0 Å². The number of hydrogen-bond donors (Lipinski definition) is 0. The van der Waals surface area contributed by atoms with Crippen LogP contribution in [-0.2, 0) is 11.2 Å². The van der Waals surface area contributed by atoms with E-state index in [1.165, 1.54) is 0 Å². The predicted molar refractivity (Wildman–Crippen MR) is 93.7 cm³/mol. The van der Waals surface area contributed by atoms with E-state index in [1.807, 2.05) is 17.0 Å². The summed E-state index contributed by atoms with van der Waals surface area (Å²) < 4.78 is 10.8. The molecule has 1 unspecified atom stereocenters. The van der Waals surface area contributed by atoms with Gasteiger partial charge in [0.05, 0.1) is 0 Å². The van der Waals surface area contributed by atoms with Gasteiger partial charge in [0.2, 0.25) is 5.89 Å². The minimum absolute atomic E-state index is 0.0227. The molecule has 2 aromatic heterocycles. The van der Waals surface area contributed by atoms with Crippen molar-refractivity contribution >= 4 is 5.91 Å². The first-order valence-electron chi connectivity index (χ1n) is 9.40. The van der Waals surface area contributed by atoms with Crippen molar-refractivity contribution in [3.63, 3.8) is 0 Å². The molecule has 2 saturated heterocycles. The molecule has 4 rings (SSSR count). The molecule has 4 heterocycles. The van der Waals surface area contributed by atoms with Gasteiger partial charge >= 0.3 is 0 Å². The SMILES string of the molecule is O=C(c1ccccn1)N1CCC(CCc2noc(C3CCOCC3)n2)C1. The lowest BCUT2D eigenvalue weighted by atomic mass is 10.0. The minimum atomic E-state index is 0.0227. The largest absolute Gasteiger partial charge is 0.381 e. The van der Waals surface area contributed by atoms with E-state index in [2.05, 4.69) is 15.1 Å². The summed E-state index contributed by atoms with van der Waals surface area (Å²) in [5.41, 5.74) is 0.521. The molecule has 0 saturated carbocycles. The van der Waals surface area contributed by atoms with Crippen LogP contribution in [0.15, 0.2) is 28.9 Å². The molecule has 0 aliphatic carbocycles. The summed E-state index contributed by atoms with van der Waals surface area (Å²) in [5, 5.41) is 4.14. The van der Waals surface area contributed by atoms with Crippen molar-refractivity contribution in [1.29, 1.82) is 0 Å². The molecule has 2 fully saturated rings. The number of carbonyl (C=O) groups is 1. The van der Waals surface area contributed by atoms with Crippen LogP contribution in [0.1, 0.15) is 53.8 Å². The summed E-state index contributed by atoms with van der Waals surface area (Å²) in [4.78, 5) is 23.1. The zero-order valence-electron chi connectivity index (χ0n) is 14.8. The van der Waals surface area contributed by atoms with Gasteiger partial charge in [0, 0.05) is 44.8 Å². The monoisotopic (exact) mass is 356 g/mol. The Labute approximate surface area is 152 Å². The van der Waals surface area contributed by atoms with Crippen molar-refractivity contribution < 1.29 is 14.1 Å². The number of aromatic nitrogens is 3. The van der Waals surface area contributed by atoms with E-state index in [4.69, 9.17) is 9.26 Å². The number of aryl methyl sites for hydroxylation is 1. The topological polar surface area (TPSA) is 81.4 Å². The van der Waals surface area contributed by atoms with Crippen LogP contribution < -0.4 is 0 Å². The average Bonchev–Trinajstić information content (AvgIpc) is 3.37. The molecule has 2 aliphatic heterocycles. The van der Waals surface area contributed by atoms with Gasteiger partial charge in [-0.05, 0) is 43.7 Å². The second-order valence-corrected chi connectivity index (χ2v) is 7.10. The molecule has 26 heavy (non-hydrogen) atoms. The van der Waals surface area contributed by atoms with Gasteiger partial charge in [-0.1, -0.05) is 11.2 Å². The van der Waals surface area contributed by atoms with E-state index in [0.29, 0.717) is 17.5 Å². The molecule has 2 aliphatic rings. The normalized spacial score (nSPS) is 21.2. The fourth-order valence-electron chi connectivity index (χ4n) is 3.72. The third kappa shape index (κ3) is 3.93. The van der Waals surface area contributed by atoms with Gasteiger partial charge < -0.3 is 14.2 Å². The molecular weight excluding hydrogens is 332 g/mol. The number of rotatable bonds is 5. The fourth-order valence-corrected chi connectivity index (χ4v) is 3.72. The van der Waals surface area contributed by atoms with Crippen molar-refractivity contribution in [2.75, 3.05) is 26.3 Å². The first-order chi connectivity index (χ1) is 12.8. The summed E-state index contributed by atoms with van der Waals surface area (Å²) in [6, 6.07) is 5.44. The Hall–Kier alpha value is -2.28. The maximum Gasteiger partial charge on any atom is 0.272 e. The van der Waals surface area contributed by atoms with Gasteiger partial charge in [-0.3, -0.25) is 9.78 Å². The summed E-state index contributed by atoms with van der Waals surface area (Å²) in [5.74, 6) is 2.37. The Balaban J connectivity index is 1.27. The molecule has 7 heteroatoms. The highest BCUT2D eigenvalue weighted by molar-refractivity contribution is 5.92. The lowest BCUT2D eigenvalue weighted by Crippen LogP contribution is -2.29. The number of amides is 1. The highest BCUT2D eigenvalue weighted by Crippen LogP contribution is 2.26. The summed E-state index contributed by atoms with van der Waals surface area (Å²) >= 11 is 0. The van der Waals surface area contributed by atoms with Gasteiger partial charge in [-0.2, -0.15) is 4.98 Å². The average molecular weight is 356 g/mol. The predicted octanol–water partition coefficient (Wildman–Crippen LogP) is 2.45. The molecule has 0 spiro atoms. The van der Waals surface area contributed by atoms with Crippen LogP contribution >= 0.6 is 0 Å². The Kier molecular flexibility index (Phi) is 5.24. The maximum absolute atomic E-state index is 12.5. The lowest BCUT2D eigenvalue weighted by Gasteiger charge is -2.17. The molecule has 138 valence electrons. The Morgan fingerprint density at radius 2 is 2.12 bits per heavy atom. The summed E-state index contributed by atoms with van der Waals surface area (Å²) in [7, 11) is 0. The van der Waals surface area contributed by atoms with Gasteiger partial charge in [-0.25, -0.2) is 0 Å². The first kappa shape index (κ1) is 17.1. The number of pyridine rings is 1. The molecule has 0 radical (unpaired) electrons. The first-order valence-corrected chi connectivity index (χ1v) is 9.40. The van der Waals surface area contributed by atoms with Crippen LogP contribution in [0.4, 0.5) is 0 Å².